The summed E-state index contributed by atoms with van der Waals surface area (Å²) < 4.78 is 7.71. The predicted octanol–water partition coefficient (Wildman–Crippen LogP) is 1.20. The van der Waals surface area contributed by atoms with E-state index in [1.165, 1.54) is 0 Å². The highest BCUT2D eigenvalue weighted by Gasteiger charge is 2.07. The van der Waals surface area contributed by atoms with Crippen LogP contribution in [0.4, 0.5) is 0 Å². The Morgan fingerprint density at radius 3 is 2.72 bits per heavy atom. The summed E-state index contributed by atoms with van der Waals surface area (Å²) in [4.78, 5) is 0. The van der Waals surface area contributed by atoms with Crippen molar-refractivity contribution in [3.05, 3.63) is 41.5 Å². The first-order chi connectivity index (χ1) is 8.72. The molecule has 0 radical (unpaired) electrons. The molecule has 0 fully saturated rings. The van der Waals surface area contributed by atoms with E-state index in [0.717, 1.165) is 29.4 Å². The molecule has 96 valence electrons. The molecule has 2 aromatic rings. The summed E-state index contributed by atoms with van der Waals surface area (Å²) in [5.41, 5.74) is 6.71. The Bertz CT molecular complexity index is 521. The van der Waals surface area contributed by atoms with Crippen LogP contribution in [0.5, 0.6) is 5.75 Å². The summed E-state index contributed by atoms with van der Waals surface area (Å²) in [7, 11) is 1.93. The standard InChI is InChI=1S/C13H18N4O/c1-10-15-16-13(17(10)2)9-18-12-6-4-3-5-11(12)7-8-14/h3-6H,7-9,14H2,1-2H3. The molecule has 0 atom stereocenters. The van der Waals surface area contributed by atoms with Crippen LogP contribution in [0.15, 0.2) is 24.3 Å². The van der Waals surface area contributed by atoms with Gasteiger partial charge in [0.1, 0.15) is 18.2 Å². The quantitative estimate of drug-likeness (QED) is 0.861. The van der Waals surface area contributed by atoms with E-state index in [-0.39, 0.29) is 0 Å². The molecule has 2 rings (SSSR count). The van der Waals surface area contributed by atoms with Gasteiger partial charge in [0.05, 0.1) is 0 Å². The summed E-state index contributed by atoms with van der Waals surface area (Å²) in [6.07, 6.45) is 0.814. The van der Waals surface area contributed by atoms with Crippen LogP contribution in [0.25, 0.3) is 0 Å². The maximum atomic E-state index is 5.79. The third kappa shape index (κ3) is 2.68. The van der Waals surface area contributed by atoms with Crippen LogP contribution in [0, 0.1) is 6.92 Å². The van der Waals surface area contributed by atoms with Gasteiger partial charge < -0.3 is 15.0 Å². The van der Waals surface area contributed by atoms with Crippen LogP contribution in [0.1, 0.15) is 17.2 Å². The molecule has 0 aliphatic carbocycles. The summed E-state index contributed by atoms with van der Waals surface area (Å²) in [5.74, 6) is 2.56. The molecule has 0 spiro atoms. The first-order valence-electron chi connectivity index (χ1n) is 5.98. The summed E-state index contributed by atoms with van der Waals surface area (Å²) in [6.45, 7) is 2.95. The van der Waals surface area contributed by atoms with Crippen LogP contribution < -0.4 is 10.5 Å². The van der Waals surface area contributed by atoms with Gasteiger partial charge in [-0.3, -0.25) is 0 Å². The lowest BCUT2D eigenvalue weighted by atomic mass is 10.1. The van der Waals surface area contributed by atoms with Gasteiger partial charge in [-0.25, -0.2) is 0 Å². The van der Waals surface area contributed by atoms with Gasteiger partial charge in [-0.2, -0.15) is 0 Å². The number of rotatable bonds is 5. The van der Waals surface area contributed by atoms with Crippen molar-refractivity contribution in [3.63, 3.8) is 0 Å². The molecule has 0 saturated carbocycles. The fourth-order valence-corrected chi connectivity index (χ4v) is 1.73. The monoisotopic (exact) mass is 246 g/mol. The lowest BCUT2D eigenvalue weighted by Crippen LogP contribution is -2.07. The van der Waals surface area contributed by atoms with E-state index < -0.39 is 0 Å². The van der Waals surface area contributed by atoms with Gasteiger partial charge in [0.2, 0.25) is 0 Å². The van der Waals surface area contributed by atoms with E-state index in [1.54, 1.807) is 0 Å². The Balaban J connectivity index is 2.08. The fraction of sp³-hybridized carbons (Fsp3) is 0.385. The van der Waals surface area contributed by atoms with E-state index in [1.807, 2.05) is 42.8 Å². The molecule has 1 aromatic heterocycles. The van der Waals surface area contributed by atoms with Gasteiger partial charge in [-0.05, 0) is 31.5 Å². The van der Waals surface area contributed by atoms with Gasteiger partial charge in [0, 0.05) is 7.05 Å². The zero-order chi connectivity index (χ0) is 13.0. The first-order valence-corrected chi connectivity index (χ1v) is 5.98. The number of ether oxygens (including phenoxy) is 1. The number of nitrogens with zero attached hydrogens (tertiary/aromatic N) is 3. The Kier molecular flexibility index (Phi) is 3.94. The molecule has 5 heteroatoms. The molecular formula is C13H18N4O. The molecular weight excluding hydrogens is 228 g/mol. The molecule has 1 heterocycles. The minimum absolute atomic E-state index is 0.416. The lowest BCUT2D eigenvalue weighted by Gasteiger charge is -2.10. The van der Waals surface area contributed by atoms with Crippen LogP contribution in [-0.2, 0) is 20.1 Å². The molecule has 0 unspecified atom stereocenters. The van der Waals surface area contributed by atoms with Crippen molar-refractivity contribution >= 4 is 0 Å². The topological polar surface area (TPSA) is 66.0 Å². The van der Waals surface area contributed by atoms with Crippen LogP contribution >= 0.6 is 0 Å². The van der Waals surface area contributed by atoms with Crippen molar-refractivity contribution in [1.82, 2.24) is 14.8 Å². The van der Waals surface area contributed by atoms with Gasteiger partial charge >= 0.3 is 0 Å². The van der Waals surface area contributed by atoms with Crippen molar-refractivity contribution in [2.24, 2.45) is 12.8 Å². The smallest absolute Gasteiger partial charge is 0.170 e. The van der Waals surface area contributed by atoms with E-state index in [2.05, 4.69) is 10.2 Å². The number of nitrogens with two attached hydrogens (primary N) is 1. The minimum Gasteiger partial charge on any atom is -0.485 e. The maximum absolute atomic E-state index is 5.79. The number of para-hydroxylation sites is 1. The van der Waals surface area contributed by atoms with Gasteiger partial charge in [0.25, 0.3) is 0 Å². The number of aromatic nitrogens is 3. The zero-order valence-corrected chi connectivity index (χ0v) is 10.8. The largest absolute Gasteiger partial charge is 0.485 e. The first kappa shape index (κ1) is 12.6. The van der Waals surface area contributed by atoms with Gasteiger partial charge in [0.15, 0.2) is 5.82 Å². The van der Waals surface area contributed by atoms with E-state index in [9.17, 15) is 0 Å². The fourth-order valence-electron chi connectivity index (χ4n) is 1.73. The molecule has 5 nitrogen and oxygen atoms in total. The molecule has 0 amide bonds. The summed E-state index contributed by atoms with van der Waals surface area (Å²) in [6, 6.07) is 7.93. The lowest BCUT2D eigenvalue weighted by molar-refractivity contribution is 0.288. The number of hydrogen-bond donors (Lipinski definition) is 1. The molecule has 0 aliphatic rings. The van der Waals surface area contributed by atoms with Crippen molar-refractivity contribution < 1.29 is 4.74 Å². The number of hydrogen-bond acceptors (Lipinski definition) is 4. The van der Waals surface area contributed by atoms with Crippen molar-refractivity contribution in [3.8, 4) is 5.75 Å². The Labute approximate surface area is 107 Å². The van der Waals surface area contributed by atoms with Crippen LogP contribution in [0.3, 0.4) is 0 Å². The Morgan fingerprint density at radius 2 is 2.06 bits per heavy atom. The molecule has 18 heavy (non-hydrogen) atoms. The minimum atomic E-state index is 0.416. The van der Waals surface area contributed by atoms with E-state index >= 15 is 0 Å². The van der Waals surface area contributed by atoms with Crippen LogP contribution in [-0.4, -0.2) is 21.3 Å². The molecule has 0 aliphatic heterocycles. The average Bonchev–Trinajstić information content (AvgIpc) is 2.70. The third-order valence-corrected chi connectivity index (χ3v) is 2.93. The second-order valence-corrected chi connectivity index (χ2v) is 4.16. The Morgan fingerprint density at radius 1 is 1.28 bits per heavy atom. The highest BCUT2D eigenvalue weighted by atomic mass is 16.5. The number of benzene rings is 1. The average molecular weight is 246 g/mol. The number of aryl methyl sites for hydroxylation is 1. The van der Waals surface area contributed by atoms with Crippen molar-refractivity contribution in [2.45, 2.75) is 20.0 Å². The van der Waals surface area contributed by atoms with Gasteiger partial charge in [-0.1, -0.05) is 18.2 Å². The summed E-state index contributed by atoms with van der Waals surface area (Å²) in [5, 5.41) is 8.07. The van der Waals surface area contributed by atoms with E-state index in [0.29, 0.717) is 13.2 Å². The van der Waals surface area contributed by atoms with Crippen molar-refractivity contribution in [2.75, 3.05) is 6.54 Å². The summed E-state index contributed by atoms with van der Waals surface area (Å²) >= 11 is 0. The normalized spacial score (nSPS) is 10.6. The third-order valence-electron chi connectivity index (χ3n) is 2.93. The van der Waals surface area contributed by atoms with Crippen LogP contribution in [0.2, 0.25) is 0 Å². The highest BCUT2D eigenvalue weighted by Crippen LogP contribution is 2.19. The molecule has 2 N–H and O–H groups in total. The maximum Gasteiger partial charge on any atom is 0.170 e. The second kappa shape index (κ2) is 5.64. The van der Waals surface area contributed by atoms with Gasteiger partial charge in [-0.15, -0.1) is 10.2 Å². The zero-order valence-electron chi connectivity index (χ0n) is 10.8. The van der Waals surface area contributed by atoms with E-state index in [4.69, 9.17) is 10.5 Å². The SMILES string of the molecule is Cc1nnc(COc2ccccc2CCN)n1C. The Hall–Kier alpha value is -1.88. The predicted molar refractivity (Wildman–Crippen MR) is 69.3 cm³/mol. The molecule has 0 bridgehead atoms. The molecule has 1 aromatic carbocycles. The molecule has 0 saturated heterocycles. The van der Waals surface area contributed by atoms with Crippen molar-refractivity contribution in [1.29, 1.82) is 0 Å². The highest BCUT2D eigenvalue weighted by molar-refractivity contribution is 5.33. The second-order valence-electron chi connectivity index (χ2n) is 4.16.